The maximum atomic E-state index is 12.5. The summed E-state index contributed by atoms with van der Waals surface area (Å²) in [6.45, 7) is 0.434. The topological polar surface area (TPSA) is 105 Å². The molecule has 0 aliphatic rings. The fraction of sp³-hybridized carbons (Fsp3) is 0.0435. The summed E-state index contributed by atoms with van der Waals surface area (Å²) in [5, 5.41) is 10.6. The van der Waals surface area contributed by atoms with Crippen molar-refractivity contribution >= 4 is 23.0 Å². The van der Waals surface area contributed by atoms with Crippen molar-refractivity contribution < 1.29 is 4.79 Å². The van der Waals surface area contributed by atoms with E-state index in [0.29, 0.717) is 34.5 Å². The van der Waals surface area contributed by atoms with Crippen LogP contribution in [-0.4, -0.2) is 18.2 Å². The zero-order valence-electron chi connectivity index (χ0n) is 15.2. The van der Waals surface area contributed by atoms with E-state index in [1.54, 1.807) is 42.5 Å². The zero-order valence-corrected chi connectivity index (χ0v) is 15.2. The Labute approximate surface area is 163 Å². The predicted molar refractivity (Wildman–Crippen MR) is 114 cm³/mol. The van der Waals surface area contributed by atoms with Crippen molar-refractivity contribution in [2.24, 2.45) is 5.73 Å². The van der Waals surface area contributed by atoms with Gasteiger partial charge in [-0.15, -0.1) is 0 Å². The summed E-state index contributed by atoms with van der Waals surface area (Å²) in [5.41, 5.74) is 15.4. The molecule has 0 fully saturated rings. The highest BCUT2D eigenvalue weighted by atomic mass is 16.1. The van der Waals surface area contributed by atoms with Gasteiger partial charge in [-0.1, -0.05) is 42.2 Å². The summed E-state index contributed by atoms with van der Waals surface area (Å²) in [7, 11) is 0. The number of nitrogens with two attached hydrogens (primary N) is 2. The summed E-state index contributed by atoms with van der Waals surface area (Å²) in [5.74, 6) is 6.00. The highest BCUT2D eigenvalue weighted by molar-refractivity contribution is 6.09. The molecule has 5 nitrogen and oxygen atoms in total. The monoisotopic (exact) mass is 368 g/mol. The average molecular weight is 368 g/mol. The van der Waals surface area contributed by atoms with E-state index in [1.807, 2.05) is 30.3 Å². The van der Waals surface area contributed by atoms with Crippen LogP contribution in [0.3, 0.4) is 0 Å². The van der Waals surface area contributed by atoms with Crippen molar-refractivity contribution in [3.05, 3.63) is 95.1 Å². The van der Waals surface area contributed by atoms with Crippen molar-refractivity contribution in [1.29, 1.82) is 5.41 Å². The van der Waals surface area contributed by atoms with E-state index in [1.165, 1.54) is 0 Å². The Morgan fingerprint density at radius 1 is 0.929 bits per heavy atom. The van der Waals surface area contributed by atoms with Crippen LogP contribution in [0.4, 0.5) is 11.4 Å². The normalized spacial score (nSPS) is 9.86. The van der Waals surface area contributed by atoms with Crippen molar-refractivity contribution in [3.63, 3.8) is 0 Å². The molecule has 0 aromatic heterocycles. The lowest BCUT2D eigenvalue weighted by atomic mass is 10.0. The van der Waals surface area contributed by atoms with Crippen molar-refractivity contribution in [2.75, 3.05) is 17.6 Å². The van der Waals surface area contributed by atoms with Crippen LogP contribution in [-0.2, 0) is 0 Å². The molecule has 0 bridgehead atoms. The van der Waals surface area contributed by atoms with E-state index >= 15 is 0 Å². The lowest BCUT2D eigenvalue weighted by molar-refractivity contribution is 0.103. The molecule has 0 heterocycles. The number of amidine groups is 1. The molecule has 5 heteroatoms. The molecule has 3 aromatic rings. The third kappa shape index (κ3) is 4.57. The predicted octanol–water partition coefficient (Wildman–Crippen LogP) is 3.25. The third-order valence-electron chi connectivity index (χ3n) is 4.15. The highest BCUT2D eigenvalue weighted by Gasteiger charge is 2.09. The van der Waals surface area contributed by atoms with Crippen LogP contribution >= 0.6 is 0 Å². The van der Waals surface area contributed by atoms with Gasteiger partial charge in [0.15, 0.2) is 5.78 Å². The van der Waals surface area contributed by atoms with Gasteiger partial charge in [-0.2, -0.15) is 0 Å². The van der Waals surface area contributed by atoms with Crippen LogP contribution in [0.15, 0.2) is 72.8 Å². The second kappa shape index (κ2) is 8.56. The van der Waals surface area contributed by atoms with Crippen LogP contribution in [0.5, 0.6) is 0 Å². The van der Waals surface area contributed by atoms with Crippen molar-refractivity contribution in [1.82, 2.24) is 0 Å². The minimum absolute atomic E-state index is 0.0380. The smallest absolute Gasteiger partial charge is 0.193 e. The number of carbonyl (C=O) groups is 1. The molecule has 0 atom stereocenters. The Bertz CT molecular complexity index is 1060. The van der Waals surface area contributed by atoms with Gasteiger partial charge in [-0.25, -0.2) is 0 Å². The van der Waals surface area contributed by atoms with Crippen LogP contribution in [0.1, 0.15) is 27.0 Å². The zero-order chi connectivity index (χ0) is 19.9. The van der Waals surface area contributed by atoms with Gasteiger partial charge in [-0.05, 0) is 42.5 Å². The fourth-order valence-electron chi connectivity index (χ4n) is 2.63. The minimum atomic E-state index is -0.0671. The maximum absolute atomic E-state index is 12.5. The largest absolute Gasteiger partial charge is 0.398 e. The van der Waals surface area contributed by atoms with Crippen LogP contribution in [0.2, 0.25) is 0 Å². The van der Waals surface area contributed by atoms with Gasteiger partial charge >= 0.3 is 0 Å². The molecule has 6 N–H and O–H groups in total. The summed E-state index contributed by atoms with van der Waals surface area (Å²) < 4.78 is 0. The molecule has 0 unspecified atom stereocenters. The molecule has 0 saturated heterocycles. The molecular formula is C23H20N4O. The number of anilines is 2. The average Bonchev–Trinajstić information content (AvgIpc) is 2.72. The molecule has 0 amide bonds. The van der Waals surface area contributed by atoms with Crippen LogP contribution < -0.4 is 16.8 Å². The van der Waals surface area contributed by atoms with Gasteiger partial charge < -0.3 is 16.8 Å². The second-order valence-electron chi connectivity index (χ2n) is 6.14. The lowest BCUT2D eigenvalue weighted by Crippen LogP contribution is -2.10. The van der Waals surface area contributed by atoms with Crippen LogP contribution in [0.25, 0.3) is 0 Å². The van der Waals surface area contributed by atoms with Crippen LogP contribution in [0, 0.1) is 17.3 Å². The number of carbonyl (C=O) groups excluding carboxylic acids is 1. The van der Waals surface area contributed by atoms with E-state index < -0.39 is 0 Å². The van der Waals surface area contributed by atoms with Crippen molar-refractivity contribution in [2.45, 2.75) is 0 Å². The Balaban J connectivity index is 1.64. The van der Waals surface area contributed by atoms with Gasteiger partial charge in [0.1, 0.15) is 5.84 Å². The summed E-state index contributed by atoms with van der Waals surface area (Å²) in [6.07, 6.45) is 0. The molecule has 28 heavy (non-hydrogen) atoms. The van der Waals surface area contributed by atoms with Gasteiger partial charge in [0.05, 0.1) is 6.54 Å². The van der Waals surface area contributed by atoms with Crippen molar-refractivity contribution in [3.8, 4) is 11.8 Å². The number of hydrogen-bond acceptors (Lipinski definition) is 4. The maximum Gasteiger partial charge on any atom is 0.193 e. The summed E-state index contributed by atoms with van der Waals surface area (Å²) in [4.78, 5) is 12.5. The van der Waals surface area contributed by atoms with E-state index in [2.05, 4.69) is 17.2 Å². The molecule has 0 radical (unpaired) electrons. The number of hydrogen-bond donors (Lipinski definition) is 4. The molecule has 0 aliphatic heterocycles. The Morgan fingerprint density at radius 2 is 1.61 bits per heavy atom. The number of ketones is 1. The third-order valence-corrected chi connectivity index (χ3v) is 4.15. The summed E-state index contributed by atoms with van der Waals surface area (Å²) >= 11 is 0. The minimum Gasteiger partial charge on any atom is -0.398 e. The Hall–Kier alpha value is -4.04. The van der Waals surface area contributed by atoms with E-state index in [4.69, 9.17) is 16.9 Å². The standard InChI is InChI=1S/C23H20N4O/c24-21-15-19(22(28)17-5-2-1-3-6-17)9-8-16(21)7-4-14-27-20-12-10-18(11-13-20)23(25)26/h1-3,5-6,8-13,15,27H,14,24H2,(H3,25,26). The number of nitrogen functional groups attached to an aromatic ring is 2. The van der Waals surface area contributed by atoms with Gasteiger partial charge in [0.25, 0.3) is 0 Å². The second-order valence-corrected chi connectivity index (χ2v) is 6.14. The lowest BCUT2D eigenvalue weighted by Gasteiger charge is -2.05. The first-order valence-corrected chi connectivity index (χ1v) is 8.71. The molecule has 0 spiro atoms. The van der Waals surface area contributed by atoms with Gasteiger partial charge in [-0.3, -0.25) is 10.2 Å². The molecule has 3 aromatic carbocycles. The van der Waals surface area contributed by atoms with E-state index in [-0.39, 0.29) is 11.6 Å². The molecular weight excluding hydrogens is 348 g/mol. The van der Waals surface area contributed by atoms with Gasteiger partial charge in [0, 0.05) is 33.6 Å². The molecule has 0 saturated carbocycles. The first kappa shape index (κ1) is 18.7. The Kier molecular flexibility index (Phi) is 5.73. The van der Waals surface area contributed by atoms with Gasteiger partial charge in [0.2, 0.25) is 0 Å². The molecule has 0 aliphatic carbocycles. The summed E-state index contributed by atoms with van der Waals surface area (Å²) in [6, 6.07) is 21.5. The van der Waals surface area contributed by atoms with E-state index in [9.17, 15) is 4.79 Å². The number of benzene rings is 3. The first-order valence-electron chi connectivity index (χ1n) is 8.71. The Morgan fingerprint density at radius 3 is 2.25 bits per heavy atom. The SMILES string of the molecule is N=C(N)c1ccc(NCC#Cc2ccc(C(=O)c3ccccc3)cc2N)cc1. The van der Waals surface area contributed by atoms with E-state index in [0.717, 1.165) is 5.69 Å². The number of rotatable bonds is 5. The highest BCUT2D eigenvalue weighted by Crippen LogP contribution is 2.17. The number of nitrogens with one attached hydrogen (secondary N) is 2. The fourth-order valence-corrected chi connectivity index (χ4v) is 2.63. The first-order chi connectivity index (χ1) is 13.5. The molecule has 138 valence electrons. The quantitative estimate of drug-likeness (QED) is 0.182. The molecule has 3 rings (SSSR count).